The van der Waals surface area contributed by atoms with Crippen molar-refractivity contribution < 1.29 is 14.6 Å². The van der Waals surface area contributed by atoms with Crippen molar-refractivity contribution in [3.05, 3.63) is 35.9 Å². The van der Waals surface area contributed by atoms with Crippen LogP contribution in [0.4, 0.5) is 0 Å². The van der Waals surface area contributed by atoms with Gasteiger partial charge in [0, 0.05) is 13.7 Å². The first-order valence-electron chi connectivity index (χ1n) is 8.29. The van der Waals surface area contributed by atoms with Gasteiger partial charge in [-0.05, 0) is 31.9 Å². The largest absolute Gasteiger partial charge is 0.388 e. The van der Waals surface area contributed by atoms with Gasteiger partial charge in [0.05, 0.1) is 17.7 Å². The topological polar surface area (TPSA) is 61.8 Å². The number of methoxy groups -OCH3 is 1. The molecule has 128 valence electrons. The molecule has 0 aliphatic carbocycles. The van der Waals surface area contributed by atoms with E-state index in [1.165, 1.54) is 7.11 Å². The third kappa shape index (κ3) is 4.31. The summed E-state index contributed by atoms with van der Waals surface area (Å²) < 4.78 is 4.92. The summed E-state index contributed by atoms with van der Waals surface area (Å²) in [6.45, 7) is 5.71. The van der Waals surface area contributed by atoms with Crippen molar-refractivity contribution in [3.63, 3.8) is 0 Å². The Balaban J connectivity index is 2.34. The number of benzene rings is 1. The average molecular weight is 320 g/mol. The maximum Gasteiger partial charge on any atom is 0.246 e. The van der Waals surface area contributed by atoms with E-state index in [0.717, 1.165) is 25.1 Å². The van der Waals surface area contributed by atoms with Gasteiger partial charge in [0.2, 0.25) is 5.91 Å². The molecule has 3 unspecified atom stereocenters. The van der Waals surface area contributed by atoms with Crippen molar-refractivity contribution in [2.24, 2.45) is 0 Å². The number of hydrogen-bond donors (Lipinski definition) is 2. The number of nitrogens with zero attached hydrogens (tertiary/aromatic N) is 1. The molecule has 0 saturated carbocycles. The van der Waals surface area contributed by atoms with Gasteiger partial charge < -0.3 is 15.2 Å². The fourth-order valence-electron chi connectivity index (χ4n) is 3.39. The number of carbonyl (C=O) groups is 1. The van der Waals surface area contributed by atoms with Crippen LogP contribution in [0.3, 0.4) is 0 Å². The number of carbonyl (C=O) groups excluding carboxylic acids is 1. The Hall–Kier alpha value is -1.43. The highest BCUT2D eigenvalue weighted by Crippen LogP contribution is 2.36. The van der Waals surface area contributed by atoms with E-state index in [0.29, 0.717) is 6.42 Å². The van der Waals surface area contributed by atoms with Crippen LogP contribution in [0.15, 0.2) is 30.3 Å². The van der Waals surface area contributed by atoms with Crippen molar-refractivity contribution >= 4 is 5.91 Å². The number of amides is 1. The molecule has 1 aromatic carbocycles. The smallest absolute Gasteiger partial charge is 0.246 e. The van der Waals surface area contributed by atoms with Crippen LogP contribution in [0.2, 0.25) is 0 Å². The molecule has 1 amide bonds. The third-order valence-electron chi connectivity index (χ3n) is 4.53. The number of ether oxygens (including phenoxy) is 1. The second-order valence-corrected chi connectivity index (χ2v) is 6.48. The molecule has 5 nitrogen and oxygen atoms in total. The van der Waals surface area contributed by atoms with E-state index >= 15 is 0 Å². The molecular weight excluding hydrogens is 292 g/mol. The first-order chi connectivity index (χ1) is 11.0. The van der Waals surface area contributed by atoms with Crippen LogP contribution < -0.4 is 5.32 Å². The molecule has 0 spiro atoms. The molecule has 1 saturated heterocycles. The van der Waals surface area contributed by atoms with Crippen molar-refractivity contribution in [1.82, 2.24) is 10.2 Å². The lowest BCUT2D eigenvalue weighted by Gasteiger charge is -2.49. The van der Waals surface area contributed by atoms with Gasteiger partial charge in [-0.3, -0.25) is 9.69 Å². The van der Waals surface area contributed by atoms with E-state index < -0.39 is 5.60 Å². The average Bonchev–Trinajstić information content (AvgIpc) is 2.52. The molecule has 5 heteroatoms. The van der Waals surface area contributed by atoms with Gasteiger partial charge in [-0.1, -0.05) is 37.3 Å². The van der Waals surface area contributed by atoms with Crippen LogP contribution >= 0.6 is 0 Å². The number of rotatable bonds is 6. The highest BCUT2D eigenvalue weighted by Gasteiger charge is 2.45. The minimum absolute atomic E-state index is 0.00185. The van der Waals surface area contributed by atoms with Gasteiger partial charge in [0.25, 0.3) is 0 Å². The number of nitrogens with one attached hydrogen (secondary N) is 1. The number of aliphatic hydroxyl groups is 1. The van der Waals surface area contributed by atoms with Crippen LogP contribution in [0.25, 0.3) is 0 Å². The molecule has 1 aliphatic rings. The van der Waals surface area contributed by atoms with Crippen LogP contribution in [-0.2, 0) is 9.53 Å². The van der Waals surface area contributed by atoms with Crippen molar-refractivity contribution in [3.8, 4) is 0 Å². The molecule has 2 rings (SSSR count). The molecular formula is C18H28N2O3. The van der Waals surface area contributed by atoms with Crippen LogP contribution in [0.5, 0.6) is 0 Å². The SMILES string of the molecule is CCCN1CCC(C)(O)C(NC(=O)COC)C1c1ccccc1. The van der Waals surface area contributed by atoms with Gasteiger partial charge >= 0.3 is 0 Å². The molecule has 0 bridgehead atoms. The molecule has 1 aromatic rings. The van der Waals surface area contributed by atoms with Crippen LogP contribution in [0.1, 0.15) is 38.3 Å². The number of piperidine rings is 1. The Morgan fingerprint density at radius 3 is 2.74 bits per heavy atom. The molecule has 3 atom stereocenters. The van der Waals surface area contributed by atoms with Gasteiger partial charge in [0.15, 0.2) is 0 Å². The van der Waals surface area contributed by atoms with E-state index in [1.807, 2.05) is 25.1 Å². The lowest BCUT2D eigenvalue weighted by Crippen LogP contribution is -2.62. The quantitative estimate of drug-likeness (QED) is 0.838. The number of hydrogen-bond acceptors (Lipinski definition) is 4. The molecule has 1 fully saturated rings. The predicted molar refractivity (Wildman–Crippen MR) is 90.1 cm³/mol. The lowest BCUT2D eigenvalue weighted by atomic mass is 9.79. The van der Waals surface area contributed by atoms with E-state index in [2.05, 4.69) is 29.3 Å². The normalized spacial score (nSPS) is 28.5. The van der Waals surface area contributed by atoms with Crippen molar-refractivity contribution in [1.29, 1.82) is 0 Å². The molecule has 23 heavy (non-hydrogen) atoms. The summed E-state index contributed by atoms with van der Waals surface area (Å²) in [7, 11) is 1.50. The van der Waals surface area contributed by atoms with E-state index in [-0.39, 0.29) is 24.6 Å². The van der Waals surface area contributed by atoms with Gasteiger partial charge in [-0.25, -0.2) is 0 Å². The summed E-state index contributed by atoms with van der Waals surface area (Å²) in [6.07, 6.45) is 1.67. The predicted octanol–water partition coefficient (Wildman–Crippen LogP) is 1.73. The molecule has 2 N–H and O–H groups in total. The Kier molecular flexibility index (Phi) is 6.16. The van der Waals surface area contributed by atoms with Crippen LogP contribution in [0, 0.1) is 0 Å². The monoisotopic (exact) mass is 320 g/mol. The fourth-order valence-corrected chi connectivity index (χ4v) is 3.39. The van der Waals surface area contributed by atoms with E-state index in [9.17, 15) is 9.90 Å². The van der Waals surface area contributed by atoms with Gasteiger partial charge in [0.1, 0.15) is 6.61 Å². The molecule has 1 heterocycles. The number of likely N-dealkylation sites (tertiary alicyclic amines) is 1. The summed E-state index contributed by atoms with van der Waals surface area (Å²) in [5.41, 5.74) is 0.164. The van der Waals surface area contributed by atoms with E-state index in [1.54, 1.807) is 0 Å². The first-order valence-corrected chi connectivity index (χ1v) is 8.29. The Bertz CT molecular complexity index is 504. The summed E-state index contributed by atoms with van der Waals surface area (Å²) in [5.74, 6) is -0.197. The van der Waals surface area contributed by atoms with Crippen molar-refractivity contribution in [2.45, 2.75) is 44.4 Å². The lowest BCUT2D eigenvalue weighted by molar-refractivity contribution is -0.132. The second-order valence-electron chi connectivity index (χ2n) is 6.48. The van der Waals surface area contributed by atoms with Gasteiger partial charge in [-0.2, -0.15) is 0 Å². The zero-order chi connectivity index (χ0) is 16.9. The Labute approximate surface area is 138 Å². The molecule has 1 aliphatic heterocycles. The third-order valence-corrected chi connectivity index (χ3v) is 4.53. The summed E-state index contributed by atoms with van der Waals surface area (Å²) in [6, 6.07) is 9.68. The standard InChI is InChI=1S/C18H28N2O3/c1-4-11-20-12-10-18(2,22)17(19-15(21)13-23-3)16(20)14-8-6-5-7-9-14/h5-9,16-17,22H,4,10-13H2,1-3H3,(H,19,21). The minimum Gasteiger partial charge on any atom is -0.388 e. The molecule has 0 radical (unpaired) electrons. The van der Waals surface area contributed by atoms with Crippen LogP contribution in [-0.4, -0.2) is 54.4 Å². The van der Waals surface area contributed by atoms with E-state index in [4.69, 9.17) is 4.74 Å². The van der Waals surface area contributed by atoms with Gasteiger partial charge in [-0.15, -0.1) is 0 Å². The molecule has 0 aromatic heterocycles. The van der Waals surface area contributed by atoms with Crippen molar-refractivity contribution in [2.75, 3.05) is 26.8 Å². The highest BCUT2D eigenvalue weighted by atomic mass is 16.5. The summed E-state index contributed by atoms with van der Waals surface area (Å²) >= 11 is 0. The Morgan fingerprint density at radius 1 is 1.43 bits per heavy atom. The fraction of sp³-hybridized carbons (Fsp3) is 0.611. The highest BCUT2D eigenvalue weighted by molar-refractivity contribution is 5.77. The maximum absolute atomic E-state index is 12.1. The first kappa shape index (κ1) is 17.9. The minimum atomic E-state index is -0.950. The maximum atomic E-state index is 12.1. The second kappa shape index (κ2) is 7.90. The zero-order valence-electron chi connectivity index (χ0n) is 14.3. The zero-order valence-corrected chi connectivity index (χ0v) is 14.3. The Morgan fingerprint density at radius 2 is 2.13 bits per heavy atom. The summed E-state index contributed by atoms with van der Waals surface area (Å²) in [5, 5.41) is 13.9. The summed E-state index contributed by atoms with van der Waals surface area (Å²) in [4.78, 5) is 14.4.